The number of halogens is 1. The topological polar surface area (TPSA) is 25.4 Å². The van der Waals surface area contributed by atoms with E-state index in [4.69, 9.17) is 21.0 Å². The molecular weight excluding hydrogens is 420 g/mol. The Bertz CT molecular complexity index is 1000. The average molecular weight is 451 g/mol. The van der Waals surface area contributed by atoms with Crippen LogP contribution in [0.1, 0.15) is 39.3 Å². The van der Waals surface area contributed by atoms with E-state index < -0.39 is 8.32 Å². The zero-order valence-electron chi connectivity index (χ0n) is 19.0. The summed E-state index contributed by atoms with van der Waals surface area (Å²) in [5.74, 6) is 0. The molecule has 3 aromatic rings. The van der Waals surface area contributed by atoms with Crippen LogP contribution >= 0.6 is 11.6 Å². The van der Waals surface area contributed by atoms with Gasteiger partial charge in [-0.2, -0.15) is 0 Å². The normalized spacial score (nSPS) is 15.5. The maximum Gasteiger partial charge on any atom is 0.193 e. The van der Waals surface area contributed by atoms with Crippen molar-refractivity contribution in [2.45, 2.75) is 57.3 Å². The number of para-hydroxylation sites is 2. The van der Waals surface area contributed by atoms with Crippen LogP contribution in [0.3, 0.4) is 0 Å². The molecule has 0 aliphatic heterocycles. The fourth-order valence-electron chi connectivity index (χ4n) is 3.63. The Morgan fingerprint density at radius 2 is 1.42 bits per heavy atom. The molecule has 3 nitrogen and oxygen atoms in total. The summed E-state index contributed by atoms with van der Waals surface area (Å²) in [5.41, 5.74) is 3.62. The molecule has 1 aromatic heterocycles. The van der Waals surface area contributed by atoms with E-state index in [2.05, 4.69) is 63.0 Å². The zero-order valence-corrected chi connectivity index (χ0v) is 20.8. The van der Waals surface area contributed by atoms with Gasteiger partial charge in [0.2, 0.25) is 0 Å². The third-order valence-corrected chi connectivity index (χ3v) is 11.3. The molecule has 0 radical (unpaired) electrons. The highest BCUT2D eigenvalue weighted by Crippen LogP contribution is 2.55. The zero-order chi connectivity index (χ0) is 22.3. The fourth-order valence-corrected chi connectivity index (χ4v) is 5.55. The summed E-state index contributed by atoms with van der Waals surface area (Å²) in [6.07, 6.45) is 3.88. The summed E-state index contributed by atoms with van der Waals surface area (Å²) in [7, 11) is -1.93. The molecule has 1 saturated carbocycles. The molecule has 0 amide bonds. The van der Waals surface area contributed by atoms with Gasteiger partial charge in [-0.15, -0.1) is 0 Å². The first kappa shape index (κ1) is 22.1. The van der Waals surface area contributed by atoms with Crippen LogP contribution in [-0.4, -0.2) is 13.3 Å². The van der Waals surface area contributed by atoms with Gasteiger partial charge in [-0.05, 0) is 61.3 Å². The minimum atomic E-state index is -1.93. The lowest BCUT2D eigenvalue weighted by atomic mass is 10.1. The average Bonchev–Trinajstić information content (AvgIpc) is 3.48. The molecule has 5 heteroatoms. The van der Waals surface area contributed by atoms with Gasteiger partial charge in [0.1, 0.15) is 5.60 Å². The third-order valence-electron chi connectivity index (χ3n) is 6.51. The predicted molar refractivity (Wildman–Crippen MR) is 133 cm³/mol. The van der Waals surface area contributed by atoms with Gasteiger partial charge >= 0.3 is 0 Å². The van der Waals surface area contributed by atoms with E-state index >= 15 is 0 Å². The Hall–Kier alpha value is -2.14. The number of anilines is 3. The van der Waals surface area contributed by atoms with E-state index in [0.29, 0.717) is 5.02 Å². The smallest absolute Gasteiger partial charge is 0.193 e. The van der Waals surface area contributed by atoms with Gasteiger partial charge in [0.15, 0.2) is 8.32 Å². The van der Waals surface area contributed by atoms with Crippen LogP contribution in [0.2, 0.25) is 23.2 Å². The van der Waals surface area contributed by atoms with Gasteiger partial charge < -0.3 is 9.33 Å². The molecule has 1 aliphatic carbocycles. The van der Waals surface area contributed by atoms with Crippen molar-refractivity contribution in [1.29, 1.82) is 0 Å². The van der Waals surface area contributed by atoms with E-state index in [9.17, 15) is 0 Å². The number of hydrogen-bond acceptors (Lipinski definition) is 3. The predicted octanol–water partition coefficient (Wildman–Crippen LogP) is 8.22. The van der Waals surface area contributed by atoms with Crippen LogP contribution in [0, 0.1) is 0 Å². The molecule has 4 rings (SSSR count). The van der Waals surface area contributed by atoms with E-state index in [1.807, 2.05) is 48.7 Å². The molecule has 0 saturated heterocycles. The highest BCUT2D eigenvalue weighted by atomic mass is 35.5. The van der Waals surface area contributed by atoms with Gasteiger partial charge in [0.05, 0.1) is 22.6 Å². The number of benzene rings is 2. The van der Waals surface area contributed by atoms with E-state index in [1.54, 1.807) is 0 Å². The molecule has 1 heterocycles. The molecule has 2 aromatic carbocycles. The van der Waals surface area contributed by atoms with Crippen molar-refractivity contribution >= 4 is 37.0 Å². The second-order valence-electron chi connectivity index (χ2n) is 9.89. The first-order chi connectivity index (χ1) is 14.6. The van der Waals surface area contributed by atoms with Crippen LogP contribution in [-0.2, 0) is 10.0 Å². The first-order valence-corrected chi connectivity index (χ1v) is 14.2. The van der Waals surface area contributed by atoms with Crippen molar-refractivity contribution in [3.8, 4) is 0 Å². The highest BCUT2D eigenvalue weighted by Gasteiger charge is 2.54. The van der Waals surface area contributed by atoms with Crippen molar-refractivity contribution in [1.82, 2.24) is 4.98 Å². The molecule has 1 aliphatic rings. The highest BCUT2D eigenvalue weighted by molar-refractivity contribution is 6.74. The van der Waals surface area contributed by atoms with E-state index in [0.717, 1.165) is 35.6 Å². The molecule has 1 fully saturated rings. The molecule has 0 atom stereocenters. The largest absolute Gasteiger partial charge is 0.406 e. The lowest BCUT2D eigenvalue weighted by Crippen LogP contribution is -2.44. The van der Waals surface area contributed by atoms with Crippen LogP contribution in [0.15, 0.2) is 72.9 Å². The Morgan fingerprint density at radius 3 is 1.84 bits per heavy atom. The standard InChI is InChI=1S/C26H31ClN2OSi/c1-25(2,3)31(4,5)30-26(16-17-26)24-23(27)18-22(19-28-24)29(20-12-8-6-9-13-20)21-14-10-7-11-15-21/h6-15,18-19H,16-17H2,1-5H3. The van der Waals surface area contributed by atoms with Gasteiger partial charge in [0.25, 0.3) is 0 Å². The van der Waals surface area contributed by atoms with Crippen LogP contribution in [0.25, 0.3) is 0 Å². The van der Waals surface area contributed by atoms with E-state index in [1.165, 1.54) is 0 Å². The second kappa shape index (κ2) is 8.08. The summed E-state index contributed by atoms with van der Waals surface area (Å²) in [5, 5.41) is 0.817. The third kappa shape index (κ3) is 4.43. The Labute approximate surface area is 192 Å². The van der Waals surface area contributed by atoms with Crippen LogP contribution in [0.4, 0.5) is 17.1 Å². The number of hydrogen-bond donors (Lipinski definition) is 0. The van der Waals surface area contributed by atoms with Gasteiger partial charge in [-0.3, -0.25) is 4.98 Å². The summed E-state index contributed by atoms with van der Waals surface area (Å²) >= 11 is 6.86. The summed E-state index contributed by atoms with van der Waals surface area (Å²) < 4.78 is 6.82. The number of pyridine rings is 1. The maximum atomic E-state index is 6.86. The lowest BCUT2D eigenvalue weighted by Gasteiger charge is -2.39. The maximum absolute atomic E-state index is 6.86. The van der Waals surface area contributed by atoms with Crippen LogP contribution < -0.4 is 4.90 Å². The SMILES string of the molecule is CC(C)(C)[Si](C)(C)OC1(c2ncc(N(c3ccccc3)c3ccccc3)cc2Cl)CC1. The minimum absolute atomic E-state index is 0.145. The molecule has 0 spiro atoms. The Morgan fingerprint density at radius 1 is 0.903 bits per heavy atom. The summed E-state index contributed by atoms with van der Waals surface area (Å²) in [6, 6.07) is 22.6. The number of nitrogens with zero attached hydrogens (tertiary/aromatic N) is 2. The van der Waals surface area contributed by atoms with Gasteiger partial charge in [0, 0.05) is 11.4 Å². The Kier molecular flexibility index (Phi) is 5.75. The second-order valence-corrected chi connectivity index (χ2v) is 15.0. The lowest BCUT2D eigenvalue weighted by molar-refractivity contribution is 0.154. The summed E-state index contributed by atoms with van der Waals surface area (Å²) in [6.45, 7) is 11.4. The van der Waals surface area contributed by atoms with Gasteiger partial charge in [-0.1, -0.05) is 68.8 Å². The summed E-state index contributed by atoms with van der Waals surface area (Å²) in [4.78, 5) is 7.05. The van der Waals surface area contributed by atoms with Crippen molar-refractivity contribution in [3.63, 3.8) is 0 Å². The monoisotopic (exact) mass is 450 g/mol. The Balaban J connectivity index is 1.71. The first-order valence-electron chi connectivity index (χ1n) is 10.9. The molecule has 31 heavy (non-hydrogen) atoms. The van der Waals surface area contributed by atoms with Crippen molar-refractivity contribution in [3.05, 3.63) is 83.6 Å². The number of rotatable bonds is 6. The van der Waals surface area contributed by atoms with E-state index in [-0.39, 0.29) is 10.6 Å². The molecule has 0 bridgehead atoms. The van der Waals surface area contributed by atoms with Crippen LogP contribution in [0.5, 0.6) is 0 Å². The van der Waals surface area contributed by atoms with Crippen molar-refractivity contribution < 1.29 is 4.43 Å². The fraction of sp³-hybridized carbons (Fsp3) is 0.346. The molecule has 162 valence electrons. The molecular formula is C26H31ClN2OSi. The minimum Gasteiger partial charge on any atom is -0.406 e. The van der Waals surface area contributed by atoms with Gasteiger partial charge in [-0.25, -0.2) is 0 Å². The quantitative estimate of drug-likeness (QED) is 0.353. The van der Waals surface area contributed by atoms with Crippen molar-refractivity contribution in [2.75, 3.05) is 4.90 Å². The molecule has 0 N–H and O–H groups in total. The molecule has 0 unspecified atom stereocenters. The van der Waals surface area contributed by atoms with Crippen molar-refractivity contribution in [2.24, 2.45) is 0 Å². The number of aromatic nitrogens is 1.